The summed E-state index contributed by atoms with van der Waals surface area (Å²) >= 11 is 6.00. The van der Waals surface area contributed by atoms with Gasteiger partial charge in [0.15, 0.2) is 0 Å². The fourth-order valence-corrected chi connectivity index (χ4v) is 4.23. The molecule has 2 N–H and O–H groups in total. The fourth-order valence-electron chi connectivity index (χ4n) is 4.04. The van der Waals surface area contributed by atoms with Crippen molar-refractivity contribution in [2.45, 2.75) is 19.5 Å². The molecule has 4 aromatic rings. The van der Waals surface area contributed by atoms with E-state index < -0.39 is 17.2 Å². The van der Waals surface area contributed by atoms with Crippen LogP contribution in [0.4, 0.5) is 5.69 Å². The second-order valence-electron chi connectivity index (χ2n) is 8.63. The Morgan fingerprint density at radius 3 is 2.45 bits per heavy atom. The van der Waals surface area contributed by atoms with Gasteiger partial charge in [-0.3, -0.25) is 23.5 Å². The van der Waals surface area contributed by atoms with Gasteiger partial charge in [0.25, 0.3) is 11.5 Å². The van der Waals surface area contributed by atoms with Gasteiger partial charge in [0, 0.05) is 36.5 Å². The van der Waals surface area contributed by atoms with Gasteiger partial charge in [-0.2, -0.15) is 0 Å². The van der Waals surface area contributed by atoms with Gasteiger partial charge in [-0.05, 0) is 54.4 Å². The van der Waals surface area contributed by atoms with Crippen LogP contribution in [0.3, 0.4) is 0 Å². The number of halogens is 1. The van der Waals surface area contributed by atoms with Crippen LogP contribution in [-0.2, 0) is 22.6 Å². The largest absolute Gasteiger partial charge is 0.385 e. The molecular weight excluding hydrogens is 508 g/mol. The van der Waals surface area contributed by atoms with E-state index >= 15 is 0 Å². The molecule has 1 heterocycles. The number of para-hydroxylation sites is 1. The molecular formula is C28H27ClN4O5. The first-order valence-electron chi connectivity index (χ1n) is 12.0. The topological polar surface area (TPSA) is 111 Å². The maximum Gasteiger partial charge on any atom is 0.332 e. The Bertz CT molecular complexity index is 1580. The maximum absolute atomic E-state index is 13.4. The number of benzene rings is 3. The zero-order valence-electron chi connectivity index (χ0n) is 20.8. The second kappa shape index (κ2) is 12.4. The van der Waals surface area contributed by atoms with E-state index in [1.165, 1.54) is 4.57 Å². The first-order valence-corrected chi connectivity index (χ1v) is 12.4. The summed E-state index contributed by atoms with van der Waals surface area (Å²) in [5, 5.41) is 6.33. The molecule has 0 saturated heterocycles. The van der Waals surface area contributed by atoms with Crippen molar-refractivity contribution in [2.75, 3.05) is 25.6 Å². The Morgan fingerprint density at radius 2 is 1.71 bits per heavy atom. The molecule has 0 spiro atoms. The molecule has 1 aromatic heterocycles. The van der Waals surface area contributed by atoms with E-state index in [0.717, 1.165) is 4.57 Å². The summed E-state index contributed by atoms with van der Waals surface area (Å²) < 4.78 is 7.34. The third-order valence-electron chi connectivity index (χ3n) is 5.91. The number of rotatable bonds is 10. The summed E-state index contributed by atoms with van der Waals surface area (Å²) in [6.45, 7) is 0.729. The molecule has 38 heavy (non-hydrogen) atoms. The predicted molar refractivity (Wildman–Crippen MR) is 147 cm³/mol. The van der Waals surface area contributed by atoms with Crippen LogP contribution in [0.5, 0.6) is 0 Å². The number of nitrogens with zero attached hydrogens (tertiary/aromatic N) is 2. The molecule has 196 valence electrons. The van der Waals surface area contributed by atoms with Crippen molar-refractivity contribution in [3.05, 3.63) is 110 Å². The van der Waals surface area contributed by atoms with E-state index in [1.807, 2.05) is 0 Å². The van der Waals surface area contributed by atoms with Crippen molar-refractivity contribution in [2.24, 2.45) is 0 Å². The molecule has 0 aliphatic carbocycles. The molecule has 0 aliphatic rings. The van der Waals surface area contributed by atoms with Gasteiger partial charge in [0.05, 0.1) is 17.4 Å². The minimum absolute atomic E-state index is 0.0197. The zero-order valence-corrected chi connectivity index (χ0v) is 21.5. The van der Waals surface area contributed by atoms with Crippen molar-refractivity contribution in [3.8, 4) is 0 Å². The van der Waals surface area contributed by atoms with Gasteiger partial charge >= 0.3 is 5.69 Å². The number of nitrogens with one attached hydrogen (secondary N) is 2. The Balaban J connectivity index is 1.59. The molecule has 10 heteroatoms. The van der Waals surface area contributed by atoms with Crippen LogP contribution in [0.2, 0.25) is 5.02 Å². The Labute approximate surface area is 223 Å². The highest BCUT2D eigenvalue weighted by atomic mass is 35.5. The number of hydrogen-bond donors (Lipinski definition) is 2. The van der Waals surface area contributed by atoms with Crippen molar-refractivity contribution in [3.63, 3.8) is 0 Å². The minimum atomic E-state index is -0.616. The van der Waals surface area contributed by atoms with Crippen molar-refractivity contribution >= 4 is 40.0 Å². The third kappa shape index (κ3) is 6.37. The van der Waals surface area contributed by atoms with Crippen LogP contribution < -0.4 is 21.9 Å². The van der Waals surface area contributed by atoms with Crippen molar-refractivity contribution < 1.29 is 14.3 Å². The van der Waals surface area contributed by atoms with E-state index in [9.17, 15) is 19.2 Å². The number of hydrogen-bond acceptors (Lipinski definition) is 5. The molecule has 0 unspecified atom stereocenters. The smallest absolute Gasteiger partial charge is 0.332 e. The molecule has 9 nitrogen and oxygen atoms in total. The molecule has 0 saturated carbocycles. The summed E-state index contributed by atoms with van der Waals surface area (Å²) in [4.78, 5) is 51.8. The maximum atomic E-state index is 13.4. The first kappa shape index (κ1) is 26.8. The third-order valence-corrected chi connectivity index (χ3v) is 6.15. The Kier molecular flexibility index (Phi) is 8.73. The minimum Gasteiger partial charge on any atom is -0.385 e. The molecule has 2 amide bonds. The summed E-state index contributed by atoms with van der Waals surface area (Å²) in [7, 11) is 1.60. The normalized spacial score (nSPS) is 10.9. The van der Waals surface area contributed by atoms with E-state index in [2.05, 4.69) is 10.6 Å². The van der Waals surface area contributed by atoms with E-state index in [1.54, 1.807) is 79.9 Å². The summed E-state index contributed by atoms with van der Waals surface area (Å²) in [6, 6.07) is 20.0. The summed E-state index contributed by atoms with van der Waals surface area (Å²) in [5.74, 6) is -0.658. The fraction of sp³-hybridized carbons (Fsp3) is 0.214. The van der Waals surface area contributed by atoms with Gasteiger partial charge in [-0.1, -0.05) is 41.9 Å². The average Bonchev–Trinajstić information content (AvgIpc) is 2.91. The van der Waals surface area contributed by atoms with Crippen LogP contribution >= 0.6 is 11.6 Å². The van der Waals surface area contributed by atoms with E-state index in [-0.39, 0.29) is 19.0 Å². The lowest BCUT2D eigenvalue weighted by Gasteiger charge is -2.14. The van der Waals surface area contributed by atoms with Crippen LogP contribution in [-0.4, -0.2) is 41.2 Å². The molecule has 0 aliphatic heterocycles. The number of carbonyl (C=O) groups is 2. The summed E-state index contributed by atoms with van der Waals surface area (Å²) in [6.07, 6.45) is 0.703. The van der Waals surface area contributed by atoms with Crippen molar-refractivity contribution in [1.82, 2.24) is 14.5 Å². The van der Waals surface area contributed by atoms with Crippen molar-refractivity contribution in [1.29, 1.82) is 0 Å². The zero-order chi connectivity index (χ0) is 27.1. The van der Waals surface area contributed by atoms with Crippen LogP contribution in [0.25, 0.3) is 10.9 Å². The predicted octanol–water partition coefficient (Wildman–Crippen LogP) is 3.27. The SMILES string of the molecule is COCCCNC(=O)c1ccc(Cn2c(=O)c3ccccc3n(CC(=O)Nc3cccc(Cl)c3)c2=O)cc1. The molecule has 3 aromatic carbocycles. The molecule has 0 atom stereocenters. The highest BCUT2D eigenvalue weighted by molar-refractivity contribution is 6.30. The lowest BCUT2D eigenvalue weighted by atomic mass is 10.1. The monoisotopic (exact) mass is 534 g/mol. The van der Waals surface area contributed by atoms with Gasteiger partial charge < -0.3 is 15.4 Å². The first-order chi connectivity index (χ1) is 18.4. The number of ether oxygens (including phenoxy) is 1. The van der Waals surface area contributed by atoms with E-state index in [0.29, 0.717) is 52.3 Å². The van der Waals surface area contributed by atoms with Gasteiger partial charge in [0.2, 0.25) is 5.91 Å². The second-order valence-corrected chi connectivity index (χ2v) is 9.07. The average molecular weight is 535 g/mol. The van der Waals surface area contributed by atoms with Gasteiger partial charge in [-0.25, -0.2) is 4.79 Å². The number of carbonyl (C=O) groups excluding carboxylic acids is 2. The Morgan fingerprint density at radius 1 is 0.947 bits per heavy atom. The Hall–Kier alpha value is -4.21. The number of amides is 2. The van der Waals surface area contributed by atoms with Crippen LogP contribution in [0.15, 0.2) is 82.4 Å². The number of methoxy groups -OCH3 is 1. The molecule has 0 bridgehead atoms. The quantitative estimate of drug-likeness (QED) is 0.303. The lowest BCUT2D eigenvalue weighted by Crippen LogP contribution is -2.42. The molecule has 0 radical (unpaired) electrons. The van der Waals surface area contributed by atoms with Crippen LogP contribution in [0, 0.1) is 0 Å². The molecule has 4 rings (SSSR count). The highest BCUT2D eigenvalue weighted by Gasteiger charge is 2.16. The van der Waals surface area contributed by atoms with Gasteiger partial charge in [-0.15, -0.1) is 0 Å². The number of fused-ring (bicyclic) bond motifs is 1. The number of anilines is 1. The van der Waals surface area contributed by atoms with Crippen LogP contribution in [0.1, 0.15) is 22.3 Å². The standard InChI is InChI=1S/C28H27ClN4O5/c1-38-15-5-14-30-26(35)20-12-10-19(11-13-20)17-33-27(36)23-8-2-3-9-24(23)32(28(33)37)18-25(34)31-22-7-4-6-21(29)16-22/h2-4,6-13,16H,5,14-15,17-18H2,1H3,(H,30,35)(H,31,34). The molecule has 0 fully saturated rings. The highest BCUT2D eigenvalue weighted by Crippen LogP contribution is 2.15. The lowest BCUT2D eigenvalue weighted by molar-refractivity contribution is -0.116. The summed E-state index contributed by atoms with van der Waals surface area (Å²) in [5.41, 5.74) is 0.904. The van der Waals surface area contributed by atoms with Gasteiger partial charge in [0.1, 0.15) is 6.54 Å². The van der Waals surface area contributed by atoms with E-state index in [4.69, 9.17) is 16.3 Å². The number of aromatic nitrogens is 2.